The first-order valence-corrected chi connectivity index (χ1v) is 10.3. The number of ether oxygens (including phenoxy) is 2. The van der Waals surface area contributed by atoms with Gasteiger partial charge in [-0.05, 0) is 62.2 Å². The molecule has 0 aliphatic heterocycles. The Morgan fingerprint density at radius 1 is 1.10 bits per heavy atom. The molecule has 2 aromatic rings. The summed E-state index contributed by atoms with van der Waals surface area (Å²) in [6.45, 7) is 5.75. The van der Waals surface area contributed by atoms with Gasteiger partial charge in [-0.3, -0.25) is 9.59 Å². The Kier molecular flexibility index (Phi) is 8.99. The van der Waals surface area contributed by atoms with Crippen LogP contribution in [-0.2, 0) is 16.1 Å². The van der Waals surface area contributed by atoms with Crippen molar-refractivity contribution < 1.29 is 19.1 Å². The Hall–Kier alpha value is -2.73. The maximum Gasteiger partial charge on any atom is 0.261 e. The number of nitrogens with one attached hydrogen (secondary N) is 1. The number of benzene rings is 2. The van der Waals surface area contributed by atoms with E-state index in [1.807, 2.05) is 45.0 Å². The van der Waals surface area contributed by atoms with E-state index in [2.05, 4.69) is 5.32 Å². The molecule has 6 nitrogen and oxygen atoms in total. The van der Waals surface area contributed by atoms with E-state index < -0.39 is 6.04 Å². The summed E-state index contributed by atoms with van der Waals surface area (Å²) in [5, 5.41) is 3.49. The van der Waals surface area contributed by atoms with Gasteiger partial charge in [0.25, 0.3) is 5.91 Å². The number of hydrogen-bond donors (Lipinski definition) is 1. The SMILES string of the molecule is CCC(C(=O)NC(C)C)N(Cc1cccc(OC)c1)C(=O)COc1ccc(Cl)cc1. The summed E-state index contributed by atoms with van der Waals surface area (Å²) in [6, 6.07) is 13.6. The molecule has 0 aliphatic carbocycles. The van der Waals surface area contributed by atoms with Gasteiger partial charge in [0.1, 0.15) is 17.5 Å². The molecular weight excluding hydrogens is 404 g/mol. The van der Waals surface area contributed by atoms with Gasteiger partial charge < -0.3 is 19.7 Å². The monoisotopic (exact) mass is 432 g/mol. The predicted octanol–water partition coefficient (Wildman–Crippen LogP) is 4.06. The molecule has 0 aliphatic rings. The summed E-state index contributed by atoms with van der Waals surface area (Å²) < 4.78 is 10.9. The second-order valence-corrected chi connectivity index (χ2v) is 7.64. The Labute approximate surface area is 183 Å². The van der Waals surface area contributed by atoms with E-state index in [0.717, 1.165) is 5.56 Å². The molecule has 1 unspecified atom stereocenters. The van der Waals surface area contributed by atoms with Crippen molar-refractivity contribution in [3.8, 4) is 11.5 Å². The Bertz CT molecular complexity index is 839. The molecule has 1 N–H and O–H groups in total. The normalized spacial score (nSPS) is 11.7. The van der Waals surface area contributed by atoms with Gasteiger partial charge in [0.15, 0.2) is 6.61 Å². The largest absolute Gasteiger partial charge is 0.497 e. The average molecular weight is 433 g/mol. The minimum atomic E-state index is -0.611. The number of carbonyl (C=O) groups excluding carboxylic acids is 2. The molecule has 0 fully saturated rings. The number of methoxy groups -OCH3 is 1. The highest BCUT2D eigenvalue weighted by Crippen LogP contribution is 2.19. The maximum absolute atomic E-state index is 13.1. The molecule has 0 radical (unpaired) electrons. The third kappa shape index (κ3) is 6.95. The van der Waals surface area contributed by atoms with Crippen LogP contribution in [0.25, 0.3) is 0 Å². The van der Waals surface area contributed by atoms with Crippen molar-refractivity contribution in [2.75, 3.05) is 13.7 Å². The third-order valence-electron chi connectivity index (χ3n) is 4.48. The molecule has 0 saturated carbocycles. The highest BCUT2D eigenvalue weighted by molar-refractivity contribution is 6.30. The first-order chi connectivity index (χ1) is 14.3. The Balaban J connectivity index is 2.22. The van der Waals surface area contributed by atoms with Crippen molar-refractivity contribution in [2.24, 2.45) is 0 Å². The maximum atomic E-state index is 13.1. The molecule has 0 heterocycles. The highest BCUT2D eigenvalue weighted by Gasteiger charge is 2.29. The Morgan fingerprint density at radius 3 is 2.40 bits per heavy atom. The van der Waals surface area contributed by atoms with Crippen LogP contribution in [0.1, 0.15) is 32.8 Å². The molecule has 7 heteroatoms. The van der Waals surface area contributed by atoms with Crippen LogP contribution in [0.4, 0.5) is 0 Å². The molecule has 2 aromatic carbocycles. The molecule has 30 heavy (non-hydrogen) atoms. The van der Waals surface area contributed by atoms with E-state index in [0.29, 0.717) is 22.9 Å². The number of carbonyl (C=O) groups is 2. The molecule has 2 rings (SSSR count). The summed E-state index contributed by atoms with van der Waals surface area (Å²) in [6.07, 6.45) is 0.481. The lowest BCUT2D eigenvalue weighted by molar-refractivity contribution is -0.143. The second kappa shape index (κ2) is 11.5. The number of halogens is 1. The summed E-state index contributed by atoms with van der Waals surface area (Å²) in [5.74, 6) is 0.763. The van der Waals surface area contributed by atoms with Gasteiger partial charge in [0, 0.05) is 17.6 Å². The average Bonchev–Trinajstić information content (AvgIpc) is 2.72. The molecular formula is C23H29ClN2O4. The van der Waals surface area contributed by atoms with Crippen molar-refractivity contribution in [2.45, 2.75) is 45.8 Å². The summed E-state index contributed by atoms with van der Waals surface area (Å²) >= 11 is 5.89. The quantitative estimate of drug-likeness (QED) is 0.614. The zero-order chi connectivity index (χ0) is 22.1. The second-order valence-electron chi connectivity index (χ2n) is 7.20. The molecule has 0 saturated heterocycles. The van der Waals surface area contributed by atoms with Gasteiger partial charge in [-0.25, -0.2) is 0 Å². The van der Waals surface area contributed by atoms with Crippen LogP contribution < -0.4 is 14.8 Å². The van der Waals surface area contributed by atoms with Crippen LogP contribution in [0, 0.1) is 0 Å². The van der Waals surface area contributed by atoms with Gasteiger partial charge in [-0.2, -0.15) is 0 Å². The van der Waals surface area contributed by atoms with Gasteiger partial charge in [0.2, 0.25) is 5.91 Å². The van der Waals surface area contributed by atoms with Crippen LogP contribution in [0.5, 0.6) is 11.5 Å². The molecule has 0 bridgehead atoms. The van der Waals surface area contributed by atoms with Crippen LogP contribution in [0.3, 0.4) is 0 Å². The van der Waals surface area contributed by atoms with Gasteiger partial charge >= 0.3 is 0 Å². The Morgan fingerprint density at radius 2 is 1.80 bits per heavy atom. The van der Waals surface area contributed by atoms with Crippen molar-refractivity contribution in [1.29, 1.82) is 0 Å². The number of hydrogen-bond acceptors (Lipinski definition) is 4. The fourth-order valence-electron chi connectivity index (χ4n) is 3.03. The van der Waals surface area contributed by atoms with Gasteiger partial charge in [-0.15, -0.1) is 0 Å². The summed E-state index contributed by atoms with van der Waals surface area (Å²) in [7, 11) is 1.59. The van der Waals surface area contributed by atoms with E-state index in [4.69, 9.17) is 21.1 Å². The topological polar surface area (TPSA) is 67.9 Å². The van der Waals surface area contributed by atoms with Crippen LogP contribution in [0.15, 0.2) is 48.5 Å². The first-order valence-electron chi connectivity index (χ1n) is 9.95. The first kappa shape index (κ1) is 23.5. The molecule has 0 aromatic heterocycles. The van der Waals surface area contributed by atoms with Crippen LogP contribution in [-0.4, -0.2) is 42.5 Å². The van der Waals surface area contributed by atoms with Crippen LogP contribution in [0.2, 0.25) is 5.02 Å². The highest BCUT2D eigenvalue weighted by atomic mass is 35.5. The molecule has 2 amide bonds. The van der Waals surface area contributed by atoms with Crippen molar-refractivity contribution in [3.05, 3.63) is 59.1 Å². The minimum absolute atomic E-state index is 0.0226. The standard InChI is InChI=1S/C23H29ClN2O4/c1-5-21(23(28)25-16(2)3)26(14-17-7-6-8-20(13-17)29-4)22(27)15-30-19-11-9-18(24)10-12-19/h6-13,16,21H,5,14-15H2,1-4H3,(H,25,28). The molecule has 0 spiro atoms. The fraction of sp³-hybridized carbons (Fsp3) is 0.391. The van der Waals surface area contributed by atoms with E-state index in [1.165, 1.54) is 0 Å². The minimum Gasteiger partial charge on any atom is -0.497 e. The fourth-order valence-corrected chi connectivity index (χ4v) is 3.15. The van der Waals surface area contributed by atoms with Gasteiger partial charge in [-0.1, -0.05) is 30.7 Å². The zero-order valence-electron chi connectivity index (χ0n) is 17.9. The lowest BCUT2D eigenvalue weighted by Crippen LogP contribution is -2.51. The third-order valence-corrected chi connectivity index (χ3v) is 4.73. The predicted molar refractivity (Wildman–Crippen MR) is 118 cm³/mol. The number of rotatable bonds is 10. The van der Waals surface area contributed by atoms with E-state index >= 15 is 0 Å². The van der Waals surface area contributed by atoms with Crippen molar-refractivity contribution >= 4 is 23.4 Å². The molecule has 1 atom stereocenters. The van der Waals surface area contributed by atoms with Crippen molar-refractivity contribution in [3.63, 3.8) is 0 Å². The lowest BCUT2D eigenvalue weighted by Gasteiger charge is -2.31. The smallest absolute Gasteiger partial charge is 0.261 e. The van der Waals surface area contributed by atoms with Crippen LogP contribution >= 0.6 is 11.6 Å². The van der Waals surface area contributed by atoms with Crippen molar-refractivity contribution in [1.82, 2.24) is 10.2 Å². The molecule has 162 valence electrons. The zero-order valence-corrected chi connectivity index (χ0v) is 18.6. The number of amides is 2. The van der Waals surface area contributed by atoms with Gasteiger partial charge in [0.05, 0.1) is 7.11 Å². The van der Waals surface area contributed by atoms with E-state index in [9.17, 15) is 9.59 Å². The summed E-state index contributed by atoms with van der Waals surface area (Å²) in [4.78, 5) is 27.4. The van der Waals surface area contributed by atoms with E-state index in [-0.39, 0.29) is 31.0 Å². The lowest BCUT2D eigenvalue weighted by atomic mass is 10.1. The number of nitrogens with zero attached hydrogens (tertiary/aromatic N) is 1. The summed E-state index contributed by atoms with van der Waals surface area (Å²) in [5.41, 5.74) is 0.866. The van der Waals surface area contributed by atoms with E-state index in [1.54, 1.807) is 36.3 Å².